The monoisotopic (exact) mass is 376 g/mol. The van der Waals surface area contributed by atoms with Gasteiger partial charge in [-0.25, -0.2) is 0 Å². The molecule has 1 heterocycles. The SMILES string of the molecule is CCc1ccccc1NC(=O)C[NH+]1CC[NH+](CC(=O)NC(C)(C)CC)CC1. The van der Waals surface area contributed by atoms with Crippen LogP contribution in [0.1, 0.15) is 39.7 Å². The van der Waals surface area contributed by atoms with Crippen LogP contribution in [0, 0.1) is 0 Å². The zero-order valence-corrected chi connectivity index (χ0v) is 17.3. The number of quaternary nitrogens is 2. The molecule has 0 unspecified atom stereocenters. The summed E-state index contributed by atoms with van der Waals surface area (Å²) in [5.74, 6) is 0.186. The third-order valence-electron chi connectivity index (χ3n) is 5.52. The Hall–Kier alpha value is -1.92. The largest absolute Gasteiger partial charge is 0.346 e. The van der Waals surface area contributed by atoms with Crippen molar-refractivity contribution in [1.82, 2.24) is 5.32 Å². The normalized spacial score (nSPS) is 20.1. The molecule has 0 spiro atoms. The van der Waals surface area contributed by atoms with E-state index in [2.05, 4.69) is 44.4 Å². The predicted octanol–water partition coefficient (Wildman–Crippen LogP) is -0.724. The molecule has 1 aliphatic rings. The summed E-state index contributed by atoms with van der Waals surface area (Å²) in [4.78, 5) is 27.2. The van der Waals surface area contributed by atoms with E-state index in [1.165, 1.54) is 9.80 Å². The zero-order chi connectivity index (χ0) is 19.9. The summed E-state index contributed by atoms with van der Waals surface area (Å²) in [5.41, 5.74) is 1.94. The molecule has 6 heteroatoms. The summed E-state index contributed by atoms with van der Waals surface area (Å²) in [7, 11) is 0. The highest BCUT2D eigenvalue weighted by Crippen LogP contribution is 2.14. The molecule has 0 aromatic heterocycles. The van der Waals surface area contributed by atoms with Gasteiger partial charge in [-0.2, -0.15) is 0 Å². The summed E-state index contributed by atoms with van der Waals surface area (Å²) < 4.78 is 0. The minimum atomic E-state index is -0.142. The third kappa shape index (κ3) is 6.96. The lowest BCUT2D eigenvalue weighted by atomic mass is 10.0. The van der Waals surface area contributed by atoms with Crippen molar-refractivity contribution in [3.05, 3.63) is 29.8 Å². The number of hydrogen-bond acceptors (Lipinski definition) is 2. The number of piperazine rings is 1. The fourth-order valence-electron chi connectivity index (χ4n) is 3.42. The lowest BCUT2D eigenvalue weighted by Crippen LogP contribution is -3.28. The molecule has 27 heavy (non-hydrogen) atoms. The van der Waals surface area contributed by atoms with Gasteiger partial charge in [-0.3, -0.25) is 9.59 Å². The lowest BCUT2D eigenvalue weighted by molar-refractivity contribution is -1.00. The van der Waals surface area contributed by atoms with Crippen molar-refractivity contribution < 1.29 is 19.4 Å². The maximum Gasteiger partial charge on any atom is 0.279 e. The third-order valence-corrected chi connectivity index (χ3v) is 5.52. The first-order valence-corrected chi connectivity index (χ1v) is 10.2. The van der Waals surface area contributed by atoms with E-state index in [4.69, 9.17) is 0 Å². The van der Waals surface area contributed by atoms with Crippen LogP contribution in [0.15, 0.2) is 24.3 Å². The summed E-state index contributed by atoms with van der Waals surface area (Å²) in [5, 5.41) is 6.16. The highest BCUT2D eigenvalue weighted by atomic mass is 16.2. The van der Waals surface area contributed by atoms with E-state index in [1.807, 2.05) is 18.2 Å². The molecule has 1 aromatic carbocycles. The number of carbonyl (C=O) groups is 2. The second-order valence-corrected chi connectivity index (χ2v) is 8.20. The molecule has 0 radical (unpaired) electrons. The average molecular weight is 377 g/mol. The molecule has 0 aliphatic carbocycles. The number of amides is 2. The number of hydrogen-bond donors (Lipinski definition) is 4. The van der Waals surface area contributed by atoms with E-state index in [-0.39, 0.29) is 17.4 Å². The summed E-state index contributed by atoms with van der Waals surface area (Å²) in [6.07, 6.45) is 1.82. The molecule has 6 nitrogen and oxygen atoms in total. The smallest absolute Gasteiger partial charge is 0.279 e. The first kappa shape index (κ1) is 21.4. The van der Waals surface area contributed by atoms with Crippen LogP contribution in [0.25, 0.3) is 0 Å². The topological polar surface area (TPSA) is 67.1 Å². The molecule has 0 atom stereocenters. The highest BCUT2D eigenvalue weighted by molar-refractivity contribution is 5.92. The molecule has 1 aromatic rings. The van der Waals surface area contributed by atoms with Gasteiger partial charge in [-0.15, -0.1) is 0 Å². The molecular formula is C21H36N4O2+2. The molecule has 4 N–H and O–H groups in total. The second-order valence-electron chi connectivity index (χ2n) is 8.20. The van der Waals surface area contributed by atoms with Crippen molar-refractivity contribution in [2.45, 2.75) is 46.1 Å². The maximum atomic E-state index is 12.4. The quantitative estimate of drug-likeness (QED) is 0.484. The van der Waals surface area contributed by atoms with Gasteiger partial charge < -0.3 is 20.4 Å². The van der Waals surface area contributed by atoms with Crippen molar-refractivity contribution >= 4 is 17.5 Å². The van der Waals surface area contributed by atoms with Gasteiger partial charge in [0.25, 0.3) is 11.8 Å². The van der Waals surface area contributed by atoms with Crippen LogP contribution in [0.3, 0.4) is 0 Å². The van der Waals surface area contributed by atoms with Gasteiger partial charge in [0.15, 0.2) is 13.1 Å². The van der Waals surface area contributed by atoms with Crippen molar-refractivity contribution in [2.75, 3.05) is 44.6 Å². The van der Waals surface area contributed by atoms with Crippen LogP contribution >= 0.6 is 0 Å². The number of anilines is 1. The first-order chi connectivity index (χ1) is 12.8. The van der Waals surface area contributed by atoms with E-state index in [0.29, 0.717) is 13.1 Å². The minimum absolute atomic E-state index is 0.0665. The first-order valence-electron chi connectivity index (χ1n) is 10.2. The Morgan fingerprint density at radius 3 is 2.07 bits per heavy atom. The number of para-hydroxylation sites is 1. The van der Waals surface area contributed by atoms with Crippen LogP contribution in [0.5, 0.6) is 0 Å². The van der Waals surface area contributed by atoms with E-state index in [0.717, 1.165) is 50.3 Å². The van der Waals surface area contributed by atoms with Gasteiger partial charge in [0.05, 0.1) is 0 Å². The fourth-order valence-corrected chi connectivity index (χ4v) is 3.42. The summed E-state index contributed by atoms with van der Waals surface area (Å²) in [6.45, 7) is 13.0. The van der Waals surface area contributed by atoms with Crippen LogP contribution in [-0.2, 0) is 16.0 Å². The molecule has 1 fully saturated rings. The second kappa shape index (κ2) is 9.85. The molecule has 150 valence electrons. The van der Waals surface area contributed by atoms with E-state index in [1.54, 1.807) is 0 Å². The number of benzene rings is 1. The Kier molecular flexibility index (Phi) is 7.80. The number of carbonyl (C=O) groups excluding carboxylic acids is 2. The van der Waals surface area contributed by atoms with Crippen molar-refractivity contribution in [1.29, 1.82) is 0 Å². The Morgan fingerprint density at radius 2 is 1.52 bits per heavy atom. The van der Waals surface area contributed by atoms with Crippen LogP contribution < -0.4 is 20.4 Å². The zero-order valence-electron chi connectivity index (χ0n) is 17.3. The number of aryl methyl sites for hydroxylation is 1. The van der Waals surface area contributed by atoms with Gasteiger partial charge in [0.2, 0.25) is 0 Å². The number of nitrogens with one attached hydrogen (secondary N) is 4. The highest BCUT2D eigenvalue weighted by Gasteiger charge is 2.28. The van der Waals surface area contributed by atoms with Crippen LogP contribution in [-0.4, -0.2) is 56.6 Å². The maximum absolute atomic E-state index is 12.4. The molecule has 2 rings (SSSR count). The fraction of sp³-hybridized carbons (Fsp3) is 0.619. The molecule has 0 bridgehead atoms. The molecule has 2 amide bonds. The van der Waals surface area contributed by atoms with Gasteiger partial charge in [0.1, 0.15) is 26.2 Å². The Balaban J connectivity index is 1.74. The molecule has 0 saturated carbocycles. The average Bonchev–Trinajstić information content (AvgIpc) is 2.63. The van der Waals surface area contributed by atoms with Gasteiger partial charge >= 0.3 is 0 Å². The van der Waals surface area contributed by atoms with Crippen molar-refractivity contribution in [2.24, 2.45) is 0 Å². The standard InChI is InChI=1S/C21H34N4O2/c1-5-17-9-7-8-10-18(17)22-19(26)15-24-11-13-25(14-12-24)16-20(27)23-21(3,4)6-2/h7-10H,5-6,11-16H2,1-4H3,(H,22,26)(H,23,27)/p+2. The van der Waals surface area contributed by atoms with Gasteiger partial charge in [-0.1, -0.05) is 32.0 Å². The van der Waals surface area contributed by atoms with Crippen molar-refractivity contribution in [3.8, 4) is 0 Å². The molecule has 1 saturated heterocycles. The predicted molar refractivity (Wildman–Crippen MR) is 108 cm³/mol. The number of rotatable bonds is 8. The van der Waals surface area contributed by atoms with Crippen LogP contribution in [0.4, 0.5) is 5.69 Å². The lowest BCUT2D eigenvalue weighted by Gasteiger charge is -2.30. The summed E-state index contributed by atoms with van der Waals surface area (Å²) in [6, 6.07) is 7.97. The van der Waals surface area contributed by atoms with Gasteiger partial charge in [0, 0.05) is 11.2 Å². The van der Waals surface area contributed by atoms with E-state index in [9.17, 15) is 9.59 Å². The Morgan fingerprint density at radius 1 is 0.963 bits per heavy atom. The van der Waals surface area contributed by atoms with Crippen molar-refractivity contribution in [3.63, 3.8) is 0 Å². The minimum Gasteiger partial charge on any atom is -0.346 e. The summed E-state index contributed by atoms with van der Waals surface area (Å²) >= 11 is 0. The Bertz CT molecular complexity index is 637. The molecule has 1 aliphatic heterocycles. The van der Waals surface area contributed by atoms with Crippen LogP contribution in [0.2, 0.25) is 0 Å². The Labute approximate surface area is 163 Å². The van der Waals surface area contributed by atoms with E-state index < -0.39 is 0 Å². The van der Waals surface area contributed by atoms with E-state index >= 15 is 0 Å². The molecular weight excluding hydrogens is 340 g/mol. The van der Waals surface area contributed by atoms with Gasteiger partial charge in [-0.05, 0) is 38.3 Å².